The predicted octanol–water partition coefficient (Wildman–Crippen LogP) is 1.87. The Hall–Kier alpha value is -1.16. The van der Waals surface area contributed by atoms with Gasteiger partial charge >= 0.3 is 0 Å². The number of hydrogen-bond donors (Lipinski definition) is 1. The van der Waals surface area contributed by atoms with E-state index in [1.807, 2.05) is 11.7 Å². The molecule has 0 aliphatic carbocycles. The molecule has 1 aliphatic rings. The minimum atomic E-state index is 0.344. The molecule has 106 valence electrons. The summed E-state index contributed by atoms with van der Waals surface area (Å²) in [7, 11) is 1.92. The van der Waals surface area contributed by atoms with Gasteiger partial charge < -0.3 is 5.32 Å². The third-order valence-electron chi connectivity index (χ3n) is 4.00. The first-order valence-electron chi connectivity index (χ1n) is 7.43. The zero-order valence-electron chi connectivity index (χ0n) is 12.1. The third-order valence-corrected chi connectivity index (χ3v) is 4.00. The molecule has 0 aromatic carbocycles. The summed E-state index contributed by atoms with van der Waals surface area (Å²) in [5.74, 6) is 1.03. The number of carbonyl (C=O) groups excluding carboxylic acids is 1. The highest BCUT2D eigenvalue weighted by Gasteiger charge is 2.15. The van der Waals surface area contributed by atoms with Gasteiger partial charge in [0.25, 0.3) is 0 Å². The second-order valence-electron chi connectivity index (χ2n) is 5.57. The number of aryl methyl sites for hydroxylation is 2. The van der Waals surface area contributed by atoms with Crippen LogP contribution >= 0.6 is 0 Å². The zero-order valence-corrected chi connectivity index (χ0v) is 12.1. The molecule has 2 rings (SSSR count). The van der Waals surface area contributed by atoms with Gasteiger partial charge in [-0.05, 0) is 50.8 Å². The maximum Gasteiger partial charge on any atom is 0.138 e. The fourth-order valence-electron chi connectivity index (χ4n) is 2.74. The first-order valence-corrected chi connectivity index (χ1v) is 7.43. The molecule has 1 saturated heterocycles. The van der Waals surface area contributed by atoms with Crippen molar-refractivity contribution in [2.75, 3.05) is 13.1 Å². The molecular formula is C15H25N3O. The van der Waals surface area contributed by atoms with Gasteiger partial charge in [-0.1, -0.05) is 6.92 Å². The summed E-state index contributed by atoms with van der Waals surface area (Å²) >= 11 is 0. The Morgan fingerprint density at radius 3 is 3.05 bits per heavy atom. The van der Waals surface area contributed by atoms with Crippen LogP contribution in [0.4, 0.5) is 0 Å². The lowest BCUT2D eigenvalue weighted by Crippen LogP contribution is -2.30. The molecule has 0 spiro atoms. The lowest BCUT2D eigenvalue weighted by molar-refractivity contribution is -0.118. The van der Waals surface area contributed by atoms with Crippen molar-refractivity contribution >= 4 is 5.78 Å². The Balaban J connectivity index is 1.78. The topological polar surface area (TPSA) is 46.9 Å². The SMILES string of the molecule is CCc1cc(CC(=O)CCC2CCCNC2)n(C)n1. The maximum absolute atomic E-state index is 12.0. The van der Waals surface area contributed by atoms with Gasteiger partial charge in [-0.2, -0.15) is 5.10 Å². The Morgan fingerprint density at radius 1 is 1.58 bits per heavy atom. The molecule has 1 fully saturated rings. The van der Waals surface area contributed by atoms with Crippen LogP contribution in [0.5, 0.6) is 0 Å². The van der Waals surface area contributed by atoms with E-state index in [1.54, 1.807) is 0 Å². The summed E-state index contributed by atoms with van der Waals surface area (Å²) in [5, 5.41) is 7.79. The van der Waals surface area contributed by atoms with Gasteiger partial charge in [-0.3, -0.25) is 9.48 Å². The molecule has 2 heterocycles. The summed E-state index contributed by atoms with van der Waals surface area (Å²) in [4.78, 5) is 12.0. The molecule has 1 unspecified atom stereocenters. The fraction of sp³-hybridized carbons (Fsp3) is 0.733. The van der Waals surface area contributed by atoms with Crippen LogP contribution in [-0.4, -0.2) is 28.7 Å². The minimum Gasteiger partial charge on any atom is -0.316 e. The Kier molecular flexibility index (Phi) is 5.14. The molecule has 1 aromatic heterocycles. The average Bonchev–Trinajstić information content (AvgIpc) is 2.78. The van der Waals surface area contributed by atoms with E-state index >= 15 is 0 Å². The minimum absolute atomic E-state index is 0.344. The molecule has 1 aromatic rings. The quantitative estimate of drug-likeness (QED) is 0.852. The van der Waals surface area contributed by atoms with Crippen LogP contribution in [0.3, 0.4) is 0 Å². The van der Waals surface area contributed by atoms with Crippen LogP contribution in [0.2, 0.25) is 0 Å². The number of piperidine rings is 1. The van der Waals surface area contributed by atoms with Crippen molar-refractivity contribution in [2.45, 2.75) is 45.4 Å². The normalized spacial score (nSPS) is 19.6. The highest BCUT2D eigenvalue weighted by molar-refractivity contribution is 5.80. The number of Topliss-reactive ketones (excluding diaryl/α,β-unsaturated/α-hetero) is 1. The van der Waals surface area contributed by atoms with E-state index in [1.165, 1.54) is 12.8 Å². The van der Waals surface area contributed by atoms with Gasteiger partial charge in [-0.25, -0.2) is 0 Å². The van der Waals surface area contributed by atoms with E-state index in [0.29, 0.717) is 24.5 Å². The van der Waals surface area contributed by atoms with Crippen molar-refractivity contribution in [3.05, 3.63) is 17.5 Å². The van der Waals surface area contributed by atoms with Crippen molar-refractivity contribution < 1.29 is 4.79 Å². The number of nitrogens with zero attached hydrogens (tertiary/aromatic N) is 2. The fourth-order valence-corrected chi connectivity index (χ4v) is 2.74. The molecule has 1 N–H and O–H groups in total. The van der Waals surface area contributed by atoms with E-state index in [-0.39, 0.29) is 0 Å². The van der Waals surface area contributed by atoms with E-state index in [4.69, 9.17) is 0 Å². The number of nitrogens with one attached hydrogen (secondary N) is 1. The van der Waals surface area contributed by atoms with Gasteiger partial charge in [0.2, 0.25) is 0 Å². The standard InChI is InChI=1S/C15H25N3O/c1-3-13-9-14(18(2)17-13)10-15(19)7-6-12-5-4-8-16-11-12/h9,12,16H,3-8,10-11H2,1-2H3. The summed E-state index contributed by atoms with van der Waals surface area (Å²) in [6.07, 6.45) is 5.72. The summed E-state index contributed by atoms with van der Waals surface area (Å²) in [5.41, 5.74) is 2.12. The van der Waals surface area contributed by atoms with E-state index in [2.05, 4.69) is 23.4 Å². The van der Waals surface area contributed by atoms with Crippen molar-refractivity contribution in [1.82, 2.24) is 15.1 Å². The van der Waals surface area contributed by atoms with Crippen LogP contribution in [0.1, 0.15) is 44.0 Å². The summed E-state index contributed by atoms with van der Waals surface area (Å²) in [6, 6.07) is 2.06. The highest BCUT2D eigenvalue weighted by Crippen LogP contribution is 2.17. The Morgan fingerprint density at radius 2 is 2.42 bits per heavy atom. The number of hydrogen-bond acceptors (Lipinski definition) is 3. The lowest BCUT2D eigenvalue weighted by atomic mass is 9.93. The molecule has 1 atom stereocenters. The second kappa shape index (κ2) is 6.85. The molecule has 0 amide bonds. The highest BCUT2D eigenvalue weighted by atomic mass is 16.1. The summed E-state index contributed by atoms with van der Waals surface area (Å²) in [6.45, 7) is 4.31. The van der Waals surface area contributed by atoms with Gasteiger partial charge in [-0.15, -0.1) is 0 Å². The molecule has 0 radical (unpaired) electrons. The molecule has 19 heavy (non-hydrogen) atoms. The number of ketones is 1. The molecule has 0 saturated carbocycles. The van der Waals surface area contributed by atoms with E-state index in [0.717, 1.165) is 37.3 Å². The molecule has 0 bridgehead atoms. The van der Waals surface area contributed by atoms with Gasteiger partial charge in [0.1, 0.15) is 5.78 Å². The van der Waals surface area contributed by atoms with Crippen molar-refractivity contribution in [1.29, 1.82) is 0 Å². The molecular weight excluding hydrogens is 238 g/mol. The van der Waals surface area contributed by atoms with Crippen molar-refractivity contribution in [3.8, 4) is 0 Å². The first-order chi connectivity index (χ1) is 9.19. The van der Waals surface area contributed by atoms with Gasteiger partial charge in [0.05, 0.1) is 5.69 Å². The first kappa shape index (κ1) is 14.3. The van der Waals surface area contributed by atoms with E-state index in [9.17, 15) is 4.79 Å². The van der Waals surface area contributed by atoms with Crippen molar-refractivity contribution in [2.24, 2.45) is 13.0 Å². The molecule has 1 aliphatic heterocycles. The lowest BCUT2D eigenvalue weighted by Gasteiger charge is -2.22. The third kappa shape index (κ3) is 4.16. The van der Waals surface area contributed by atoms with Crippen LogP contribution in [0, 0.1) is 5.92 Å². The Labute approximate surface area is 115 Å². The number of carbonyl (C=O) groups is 1. The van der Waals surface area contributed by atoms with Crippen LogP contribution in [-0.2, 0) is 24.7 Å². The van der Waals surface area contributed by atoms with Crippen LogP contribution in [0.25, 0.3) is 0 Å². The average molecular weight is 263 g/mol. The molecule has 4 heteroatoms. The van der Waals surface area contributed by atoms with Crippen LogP contribution in [0.15, 0.2) is 6.07 Å². The Bertz CT molecular complexity index is 419. The summed E-state index contributed by atoms with van der Waals surface area (Å²) < 4.78 is 1.85. The smallest absolute Gasteiger partial charge is 0.138 e. The zero-order chi connectivity index (χ0) is 13.7. The monoisotopic (exact) mass is 263 g/mol. The number of rotatable bonds is 6. The van der Waals surface area contributed by atoms with Crippen LogP contribution < -0.4 is 5.32 Å². The van der Waals surface area contributed by atoms with E-state index < -0.39 is 0 Å². The van der Waals surface area contributed by atoms with Crippen molar-refractivity contribution in [3.63, 3.8) is 0 Å². The van der Waals surface area contributed by atoms with Gasteiger partial charge in [0, 0.05) is 25.6 Å². The molecule has 4 nitrogen and oxygen atoms in total. The van der Waals surface area contributed by atoms with Gasteiger partial charge in [0.15, 0.2) is 0 Å². The second-order valence-corrected chi connectivity index (χ2v) is 5.57. The number of aromatic nitrogens is 2. The predicted molar refractivity (Wildman–Crippen MR) is 76.1 cm³/mol. The maximum atomic E-state index is 12.0. The largest absolute Gasteiger partial charge is 0.316 e.